The Morgan fingerprint density at radius 1 is 1.79 bits per heavy atom. The first kappa shape index (κ1) is 10.7. The van der Waals surface area contributed by atoms with E-state index in [1.165, 1.54) is 0 Å². The van der Waals surface area contributed by atoms with Crippen molar-refractivity contribution >= 4 is 11.8 Å². The summed E-state index contributed by atoms with van der Waals surface area (Å²) >= 11 is 0. The zero-order valence-corrected chi connectivity index (χ0v) is 8.41. The second-order valence-electron chi connectivity index (χ2n) is 3.22. The highest BCUT2D eigenvalue weighted by Gasteiger charge is 2.13. The average molecular weight is 197 g/mol. The summed E-state index contributed by atoms with van der Waals surface area (Å²) < 4.78 is 4.83. The van der Waals surface area contributed by atoms with Gasteiger partial charge in [-0.1, -0.05) is 18.5 Å². The van der Waals surface area contributed by atoms with Crippen molar-refractivity contribution in [3.63, 3.8) is 0 Å². The number of hydrogen-bond acceptors (Lipinski definition) is 4. The number of nitrogens with one attached hydrogen (secondary N) is 1. The van der Waals surface area contributed by atoms with E-state index in [4.69, 9.17) is 10.3 Å². The van der Waals surface area contributed by atoms with E-state index in [1.807, 2.05) is 6.92 Å². The molecule has 14 heavy (non-hydrogen) atoms. The molecule has 0 spiro atoms. The Morgan fingerprint density at radius 3 is 3.00 bits per heavy atom. The summed E-state index contributed by atoms with van der Waals surface area (Å²) in [5.74, 6) is 0.113. The van der Waals surface area contributed by atoms with Gasteiger partial charge in [0.1, 0.15) is 0 Å². The Hall–Kier alpha value is -1.36. The zero-order chi connectivity index (χ0) is 10.6. The molecule has 0 radical (unpaired) electrons. The quantitative estimate of drug-likeness (QED) is 0.755. The van der Waals surface area contributed by atoms with Crippen LogP contribution in [0.1, 0.15) is 25.5 Å². The summed E-state index contributed by atoms with van der Waals surface area (Å²) in [4.78, 5) is 11.4. The van der Waals surface area contributed by atoms with Gasteiger partial charge in [-0.3, -0.25) is 10.1 Å². The molecule has 1 rings (SSSR count). The van der Waals surface area contributed by atoms with Crippen LogP contribution >= 0.6 is 0 Å². The molecule has 0 fully saturated rings. The van der Waals surface area contributed by atoms with Crippen molar-refractivity contribution in [1.29, 1.82) is 0 Å². The van der Waals surface area contributed by atoms with Gasteiger partial charge in [-0.25, -0.2) is 0 Å². The predicted molar refractivity (Wildman–Crippen MR) is 52.8 cm³/mol. The molecule has 0 aliphatic rings. The lowest BCUT2D eigenvalue weighted by molar-refractivity contribution is -0.117. The lowest BCUT2D eigenvalue weighted by Crippen LogP contribution is -2.35. The van der Waals surface area contributed by atoms with Gasteiger partial charge in [-0.05, 0) is 13.3 Å². The largest absolute Gasteiger partial charge is 0.338 e. The minimum absolute atomic E-state index is 0.233. The minimum Gasteiger partial charge on any atom is -0.338 e. The molecular weight excluding hydrogens is 182 g/mol. The highest BCUT2D eigenvalue weighted by Crippen LogP contribution is 2.08. The minimum atomic E-state index is -0.481. The molecule has 1 heterocycles. The van der Waals surface area contributed by atoms with Crippen LogP contribution in [-0.2, 0) is 4.79 Å². The standard InChI is InChI=1S/C9H15N3O2/c1-3-4-7(10)9(13)11-8-5-6(2)12-14-8/h5,7H,3-4,10H2,1-2H3,(H,11,13). The van der Waals surface area contributed by atoms with E-state index >= 15 is 0 Å². The number of nitrogens with two attached hydrogens (primary N) is 1. The van der Waals surface area contributed by atoms with Crippen LogP contribution in [0.5, 0.6) is 0 Å². The van der Waals surface area contributed by atoms with Crippen molar-refractivity contribution < 1.29 is 9.32 Å². The number of amides is 1. The fourth-order valence-electron chi connectivity index (χ4n) is 1.08. The van der Waals surface area contributed by atoms with Crippen molar-refractivity contribution in [2.75, 3.05) is 5.32 Å². The van der Waals surface area contributed by atoms with Crippen molar-refractivity contribution in [2.24, 2.45) is 5.73 Å². The second-order valence-corrected chi connectivity index (χ2v) is 3.22. The Balaban J connectivity index is 2.48. The molecule has 5 heteroatoms. The molecule has 0 saturated carbocycles. The van der Waals surface area contributed by atoms with Crippen LogP contribution in [0.25, 0.3) is 0 Å². The summed E-state index contributed by atoms with van der Waals surface area (Å²) in [5, 5.41) is 6.20. The monoisotopic (exact) mass is 197 g/mol. The van der Waals surface area contributed by atoms with Gasteiger partial charge in [0, 0.05) is 6.07 Å². The third-order valence-electron chi connectivity index (χ3n) is 1.81. The fraction of sp³-hybridized carbons (Fsp3) is 0.556. The van der Waals surface area contributed by atoms with Gasteiger partial charge in [-0.15, -0.1) is 0 Å². The Bertz CT molecular complexity index is 309. The van der Waals surface area contributed by atoms with E-state index in [2.05, 4.69) is 10.5 Å². The van der Waals surface area contributed by atoms with E-state index < -0.39 is 6.04 Å². The summed E-state index contributed by atoms with van der Waals surface area (Å²) in [5.41, 5.74) is 6.33. The number of carbonyl (C=O) groups is 1. The molecule has 3 N–H and O–H groups in total. The van der Waals surface area contributed by atoms with E-state index in [-0.39, 0.29) is 5.91 Å². The number of nitrogens with zero attached hydrogens (tertiary/aromatic N) is 1. The molecular formula is C9H15N3O2. The molecule has 0 saturated heterocycles. The molecule has 1 aromatic rings. The Labute approximate surface area is 82.6 Å². The van der Waals surface area contributed by atoms with E-state index in [9.17, 15) is 4.79 Å². The maximum atomic E-state index is 11.4. The molecule has 1 atom stereocenters. The van der Waals surface area contributed by atoms with E-state index in [1.54, 1.807) is 13.0 Å². The van der Waals surface area contributed by atoms with Crippen LogP contribution in [-0.4, -0.2) is 17.1 Å². The van der Waals surface area contributed by atoms with E-state index in [0.29, 0.717) is 12.3 Å². The lowest BCUT2D eigenvalue weighted by Gasteiger charge is -2.08. The number of rotatable bonds is 4. The lowest BCUT2D eigenvalue weighted by atomic mass is 10.2. The summed E-state index contributed by atoms with van der Waals surface area (Å²) in [7, 11) is 0. The highest BCUT2D eigenvalue weighted by atomic mass is 16.5. The first-order valence-corrected chi connectivity index (χ1v) is 4.63. The summed E-state index contributed by atoms with van der Waals surface area (Å²) in [6.45, 7) is 3.76. The van der Waals surface area contributed by atoms with Crippen LogP contribution < -0.4 is 11.1 Å². The Morgan fingerprint density at radius 2 is 2.50 bits per heavy atom. The van der Waals surface area contributed by atoms with E-state index in [0.717, 1.165) is 12.1 Å². The predicted octanol–water partition coefficient (Wildman–Crippen LogP) is 1.05. The highest BCUT2D eigenvalue weighted by molar-refractivity contribution is 5.93. The van der Waals surface area contributed by atoms with Gasteiger partial charge in [0.25, 0.3) is 0 Å². The third kappa shape index (κ3) is 2.85. The fourth-order valence-corrected chi connectivity index (χ4v) is 1.08. The maximum absolute atomic E-state index is 11.4. The topological polar surface area (TPSA) is 81.2 Å². The molecule has 1 aromatic heterocycles. The first-order valence-electron chi connectivity index (χ1n) is 4.63. The second kappa shape index (κ2) is 4.76. The Kier molecular flexibility index (Phi) is 3.64. The van der Waals surface area contributed by atoms with Crippen LogP contribution in [0.2, 0.25) is 0 Å². The summed E-state index contributed by atoms with van der Waals surface area (Å²) in [6.07, 6.45) is 1.54. The van der Waals surface area contributed by atoms with Crippen LogP contribution in [0, 0.1) is 6.92 Å². The van der Waals surface area contributed by atoms with Crippen LogP contribution in [0.15, 0.2) is 10.6 Å². The number of anilines is 1. The van der Waals surface area contributed by atoms with Crippen molar-refractivity contribution in [3.05, 3.63) is 11.8 Å². The SMILES string of the molecule is CCCC(N)C(=O)Nc1cc(C)no1. The third-order valence-corrected chi connectivity index (χ3v) is 1.81. The molecule has 0 aliphatic carbocycles. The molecule has 0 aliphatic heterocycles. The zero-order valence-electron chi connectivity index (χ0n) is 8.41. The van der Waals surface area contributed by atoms with Gasteiger partial charge in [0.2, 0.25) is 11.8 Å². The molecule has 1 unspecified atom stereocenters. The van der Waals surface area contributed by atoms with Crippen molar-refractivity contribution in [2.45, 2.75) is 32.7 Å². The van der Waals surface area contributed by atoms with Crippen molar-refractivity contribution in [1.82, 2.24) is 5.16 Å². The molecule has 0 aromatic carbocycles. The summed E-state index contributed by atoms with van der Waals surface area (Å²) in [6, 6.07) is 1.17. The molecule has 5 nitrogen and oxygen atoms in total. The number of aromatic nitrogens is 1. The van der Waals surface area contributed by atoms with Gasteiger partial charge < -0.3 is 10.3 Å². The molecule has 1 amide bonds. The van der Waals surface area contributed by atoms with Gasteiger partial charge in [0.05, 0.1) is 11.7 Å². The van der Waals surface area contributed by atoms with Gasteiger partial charge in [0.15, 0.2) is 0 Å². The maximum Gasteiger partial charge on any atom is 0.243 e. The molecule has 78 valence electrons. The van der Waals surface area contributed by atoms with Gasteiger partial charge >= 0.3 is 0 Å². The van der Waals surface area contributed by atoms with Crippen LogP contribution in [0.4, 0.5) is 5.88 Å². The van der Waals surface area contributed by atoms with Crippen molar-refractivity contribution in [3.8, 4) is 0 Å². The number of carbonyl (C=O) groups excluding carboxylic acids is 1. The first-order chi connectivity index (χ1) is 6.63. The molecule has 0 bridgehead atoms. The van der Waals surface area contributed by atoms with Crippen LogP contribution in [0.3, 0.4) is 0 Å². The number of hydrogen-bond donors (Lipinski definition) is 2. The smallest absolute Gasteiger partial charge is 0.243 e. The average Bonchev–Trinajstić information content (AvgIpc) is 2.51. The number of aryl methyl sites for hydroxylation is 1. The van der Waals surface area contributed by atoms with Gasteiger partial charge in [-0.2, -0.15) is 0 Å². The normalized spacial score (nSPS) is 12.5.